The summed E-state index contributed by atoms with van der Waals surface area (Å²) in [5.41, 5.74) is 6.39. The molecule has 2 N–H and O–H groups in total. The van der Waals surface area contributed by atoms with Crippen LogP contribution in [0.5, 0.6) is 0 Å². The Morgan fingerprint density at radius 3 is 2.71 bits per heavy atom. The molecular weight excluding hydrogens is 392 g/mol. The van der Waals surface area contributed by atoms with Gasteiger partial charge in [0.1, 0.15) is 5.82 Å². The van der Waals surface area contributed by atoms with Crippen molar-refractivity contribution in [2.24, 2.45) is 0 Å². The Kier molecular flexibility index (Phi) is 4.50. The molecule has 1 aromatic heterocycles. The van der Waals surface area contributed by atoms with E-state index in [0.717, 1.165) is 8.68 Å². The van der Waals surface area contributed by atoms with Crippen LogP contribution in [0.4, 0.5) is 10.1 Å². The average Bonchev–Trinajstić information content (AvgIpc) is 2.73. The summed E-state index contributed by atoms with van der Waals surface area (Å²) < 4.78 is 15.6. The molecule has 0 amide bonds. The molecule has 0 saturated heterocycles. The van der Waals surface area contributed by atoms with Crippen LogP contribution in [0.2, 0.25) is 0 Å². The van der Waals surface area contributed by atoms with Crippen molar-refractivity contribution in [1.29, 1.82) is 0 Å². The summed E-state index contributed by atoms with van der Waals surface area (Å²) in [5.74, 6) is -0.267. The van der Waals surface area contributed by atoms with Crippen LogP contribution < -0.4 is 5.73 Å². The van der Waals surface area contributed by atoms with Crippen molar-refractivity contribution in [2.75, 3.05) is 12.0 Å². The second-order valence-electron chi connectivity index (χ2n) is 2.94. The van der Waals surface area contributed by atoms with Crippen molar-refractivity contribution in [2.45, 2.75) is 13.6 Å². The van der Waals surface area contributed by atoms with E-state index < -0.39 is 0 Å². The van der Waals surface area contributed by atoms with E-state index in [-0.39, 0.29) is 5.82 Å². The number of aromatic nitrogens is 2. The molecule has 0 aliphatic rings. The fourth-order valence-corrected chi connectivity index (χ4v) is 3.98. The maximum Gasteiger partial charge on any atom is 0.179 e. The van der Waals surface area contributed by atoms with Crippen molar-refractivity contribution < 1.29 is 4.39 Å². The van der Waals surface area contributed by atoms with Crippen LogP contribution >= 0.6 is 57.5 Å². The number of nitrogen functional groups attached to an aromatic ring is 1. The van der Waals surface area contributed by atoms with Crippen LogP contribution in [0.15, 0.2) is 25.7 Å². The molecule has 2 aromatic rings. The van der Waals surface area contributed by atoms with Crippen LogP contribution in [0.25, 0.3) is 0 Å². The van der Waals surface area contributed by atoms with Gasteiger partial charge in [0, 0.05) is 10.6 Å². The fraction of sp³-hybridized carbons (Fsp3) is 0.111. The van der Waals surface area contributed by atoms with Gasteiger partial charge in [-0.15, -0.1) is 10.2 Å². The Morgan fingerprint density at radius 1 is 1.35 bits per heavy atom. The average molecular weight is 399 g/mol. The third kappa shape index (κ3) is 3.24. The lowest BCUT2D eigenvalue weighted by atomic mass is 10.3. The van der Waals surface area contributed by atoms with Gasteiger partial charge in [0.25, 0.3) is 0 Å². The molecule has 3 nitrogen and oxygen atoms in total. The van der Waals surface area contributed by atoms with Gasteiger partial charge in [-0.3, -0.25) is 0 Å². The number of benzene rings is 1. The molecule has 0 atom stereocenters. The quantitative estimate of drug-likeness (QED) is 0.484. The van der Waals surface area contributed by atoms with E-state index in [4.69, 9.17) is 5.73 Å². The van der Waals surface area contributed by atoms with E-state index in [1.54, 1.807) is 6.07 Å². The molecule has 1 heterocycles. The first-order valence-electron chi connectivity index (χ1n) is 4.40. The van der Waals surface area contributed by atoms with Gasteiger partial charge in [0.15, 0.2) is 8.68 Å². The van der Waals surface area contributed by atoms with E-state index in [1.165, 1.54) is 40.9 Å². The Hall–Kier alpha value is -0.0600. The Morgan fingerprint density at radius 2 is 2.06 bits per heavy atom. The molecule has 0 saturated carbocycles. The molecule has 0 aliphatic heterocycles. The largest absolute Gasteiger partial charge is 0.398 e. The standard InChI is InChI=1S/C9H7FIN3S3/c1-15-8-13-14-9(17-8)16-7-2-4(10)5(11)3-6(7)12/h2-3H,12H2,1H3. The van der Waals surface area contributed by atoms with Gasteiger partial charge in [-0.25, -0.2) is 4.39 Å². The zero-order valence-electron chi connectivity index (χ0n) is 8.61. The molecule has 0 spiro atoms. The maximum absolute atomic E-state index is 13.4. The van der Waals surface area contributed by atoms with Crippen molar-refractivity contribution in [1.82, 2.24) is 10.2 Å². The number of halogens is 2. The van der Waals surface area contributed by atoms with Gasteiger partial charge in [-0.05, 0) is 41.0 Å². The van der Waals surface area contributed by atoms with Crippen molar-refractivity contribution in [3.63, 3.8) is 0 Å². The molecule has 17 heavy (non-hydrogen) atoms. The Labute approximate surface area is 124 Å². The number of nitrogens with zero attached hydrogens (tertiary/aromatic N) is 2. The van der Waals surface area contributed by atoms with Gasteiger partial charge in [0.05, 0.1) is 3.57 Å². The first-order valence-corrected chi connectivity index (χ1v) is 8.33. The van der Waals surface area contributed by atoms with Gasteiger partial charge in [-0.1, -0.05) is 34.9 Å². The van der Waals surface area contributed by atoms with E-state index in [2.05, 4.69) is 10.2 Å². The highest BCUT2D eigenvalue weighted by atomic mass is 127. The monoisotopic (exact) mass is 399 g/mol. The summed E-state index contributed by atoms with van der Waals surface area (Å²) >= 11 is 6.26. The minimum Gasteiger partial charge on any atom is -0.398 e. The van der Waals surface area contributed by atoms with Gasteiger partial charge in [0.2, 0.25) is 0 Å². The topological polar surface area (TPSA) is 51.8 Å². The van der Waals surface area contributed by atoms with Crippen molar-refractivity contribution in [3.05, 3.63) is 21.5 Å². The van der Waals surface area contributed by atoms with E-state index in [0.29, 0.717) is 14.2 Å². The van der Waals surface area contributed by atoms with Crippen LogP contribution in [0, 0.1) is 9.39 Å². The van der Waals surface area contributed by atoms with Gasteiger partial charge in [-0.2, -0.15) is 0 Å². The molecule has 8 heteroatoms. The first kappa shape index (κ1) is 13.4. The Balaban J connectivity index is 2.26. The second-order valence-corrected chi connectivity index (χ2v) is 7.43. The number of hydrogen-bond donors (Lipinski definition) is 1. The van der Waals surface area contributed by atoms with Crippen LogP contribution in [-0.2, 0) is 0 Å². The third-order valence-corrected chi connectivity index (χ3v) is 5.66. The highest BCUT2D eigenvalue weighted by molar-refractivity contribution is 14.1. The number of hydrogen-bond acceptors (Lipinski definition) is 6. The predicted octanol–water partition coefficient (Wildman–Crippen LogP) is 3.74. The number of anilines is 1. The lowest BCUT2D eigenvalue weighted by Crippen LogP contribution is -1.92. The van der Waals surface area contributed by atoms with Crippen molar-refractivity contribution >= 4 is 63.1 Å². The summed E-state index contributed by atoms with van der Waals surface area (Å²) in [6.45, 7) is 0. The third-order valence-electron chi connectivity index (χ3n) is 1.81. The minimum atomic E-state index is -0.267. The highest BCUT2D eigenvalue weighted by Gasteiger charge is 2.10. The van der Waals surface area contributed by atoms with Crippen LogP contribution in [0.3, 0.4) is 0 Å². The molecule has 0 aliphatic carbocycles. The summed E-state index contributed by atoms with van der Waals surface area (Å²) in [6, 6.07) is 3.05. The van der Waals surface area contributed by atoms with Gasteiger partial charge < -0.3 is 5.73 Å². The van der Waals surface area contributed by atoms with E-state index in [1.807, 2.05) is 28.8 Å². The lowest BCUT2D eigenvalue weighted by molar-refractivity contribution is 0.617. The minimum absolute atomic E-state index is 0.267. The molecular formula is C9H7FIN3S3. The first-order chi connectivity index (χ1) is 8.10. The Bertz CT molecular complexity index is 546. The smallest absolute Gasteiger partial charge is 0.179 e. The SMILES string of the molecule is CSc1nnc(Sc2cc(F)c(I)cc2N)s1. The molecule has 0 bridgehead atoms. The summed E-state index contributed by atoms with van der Waals surface area (Å²) in [4.78, 5) is 0.673. The predicted molar refractivity (Wildman–Crippen MR) is 79.3 cm³/mol. The zero-order chi connectivity index (χ0) is 12.4. The summed E-state index contributed by atoms with van der Waals surface area (Å²) in [5, 5.41) is 7.98. The van der Waals surface area contributed by atoms with Gasteiger partial charge >= 0.3 is 0 Å². The number of rotatable bonds is 3. The van der Waals surface area contributed by atoms with E-state index >= 15 is 0 Å². The van der Waals surface area contributed by atoms with Crippen LogP contribution in [0.1, 0.15) is 0 Å². The number of thioether (sulfide) groups is 1. The normalized spacial score (nSPS) is 10.8. The fourth-order valence-electron chi connectivity index (χ4n) is 1.05. The highest BCUT2D eigenvalue weighted by Crippen LogP contribution is 2.36. The molecule has 2 rings (SSSR count). The number of nitrogens with two attached hydrogens (primary N) is 1. The summed E-state index contributed by atoms with van der Waals surface area (Å²) in [6.07, 6.45) is 1.94. The van der Waals surface area contributed by atoms with Crippen molar-refractivity contribution in [3.8, 4) is 0 Å². The molecule has 0 radical (unpaired) electrons. The molecule has 90 valence electrons. The van der Waals surface area contributed by atoms with Crippen LogP contribution in [-0.4, -0.2) is 16.5 Å². The summed E-state index contributed by atoms with van der Waals surface area (Å²) in [7, 11) is 0. The lowest BCUT2D eigenvalue weighted by Gasteiger charge is -2.04. The zero-order valence-corrected chi connectivity index (χ0v) is 13.2. The molecule has 0 fully saturated rings. The maximum atomic E-state index is 13.4. The molecule has 1 aromatic carbocycles. The molecule has 0 unspecified atom stereocenters. The van der Waals surface area contributed by atoms with E-state index in [9.17, 15) is 4.39 Å². The second kappa shape index (κ2) is 5.72.